The van der Waals surface area contributed by atoms with Gasteiger partial charge in [0.15, 0.2) is 0 Å². The topological polar surface area (TPSA) is 95.9 Å². The number of rotatable bonds is 7. The van der Waals surface area contributed by atoms with Crippen LogP contribution in [0.25, 0.3) is 0 Å². The summed E-state index contributed by atoms with van der Waals surface area (Å²) in [5.74, 6) is -1.59. The highest BCUT2D eigenvalue weighted by molar-refractivity contribution is 14.1. The standard InChI is InChI=1S/C22H24IN3O5/c1-12-15(20(22(29)30)26-19(12)17(13(2)27)21(26)28)10-31-16-6-4-5-14(18(16)23)9-25-8-7-24(3)11-25/h4-8,11-13,17,19,27H,9-10H2,1-3H3/p+1/t12-,13?,17-,19-/m1/s1. The molecule has 1 aromatic heterocycles. The molecule has 0 saturated carbocycles. The first-order valence-corrected chi connectivity index (χ1v) is 11.2. The number of aromatic nitrogens is 2. The Kier molecular flexibility index (Phi) is 5.82. The van der Waals surface area contributed by atoms with Crippen LogP contribution >= 0.6 is 22.6 Å². The lowest BCUT2D eigenvalue weighted by Gasteiger charge is -2.46. The van der Waals surface area contributed by atoms with Crippen molar-refractivity contribution in [1.82, 2.24) is 9.47 Å². The SMILES string of the molecule is CC(O)[C@H]1C(=O)N2C(C(=O)O)=C(COc3cccc(Cn4cc[n+](C)c4)c3I)[C@@H](C)[C@H]12. The summed E-state index contributed by atoms with van der Waals surface area (Å²) >= 11 is 2.25. The lowest BCUT2D eigenvalue weighted by molar-refractivity contribution is -0.671. The number of carboxylic acids is 1. The number of carbonyl (C=O) groups excluding carboxylic acids is 1. The number of amides is 1. The number of hydrogen-bond acceptors (Lipinski definition) is 4. The number of carbonyl (C=O) groups is 2. The van der Waals surface area contributed by atoms with Crippen molar-refractivity contribution in [2.45, 2.75) is 32.5 Å². The zero-order chi connectivity index (χ0) is 22.4. The minimum atomic E-state index is -1.14. The van der Waals surface area contributed by atoms with Gasteiger partial charge < -0.3 is 19.8 Å². The minimum absolute atomic E-state index is 0.00889. The van der Waals surface area contributed by atoms with Crippen LogP contribution in [0.4, 0.5) is 0 Å². The Bertz CT molecular complexity index is 1080. The number of aliphatic carboxylic acids is 1. The van der Waals surface area contributed by atoms with Gasteiger partial charge in [0.05, 0.1) is 28.7 Å². The maximum Gasteiger partial charge on any atom is 0.352 e. The summed E-state index contributed by atoms with van der Waals surface area (Å²) in [7, 11) is 1.97. The van der Waals surface area contributed by atoms with Crippen LogP contribution in [0.5, 0.6) is 5.75 Å². The molecule has 1 saturated heterocycles. The first-order chi connectivity index (χ1) is 14.7. The van der Waals surface area contributed by atoms with Gasteiger partial charge in [-0.3, -0.25) is 4.79 Å². The molecule has 1 aromatic carbocycles. The van der Waals surface area contributed by atoms with E-state index in [9.17, 15) is 19.8 Å². The van der Waals surface area contributed by atoms with Crippen LogP contribution in [-0.4, -0.2) is 50.3 Å². The molecule has 0 aliphatic carbocycles. The van der Waals surface area contributed by atoms with Crippen molar-refractivity contribution in [3.63, 3.8) is 0 Å². The van der Waals surface area contributed by atoms with E-state index in [1.165, 1.54) is 4.90 Å². The molecule has 1 amide bonds. The van der Waals surface area contributed by atoms with E-state index < -0.39 is 18.0 Å². The average Bonchev–Trinajstić information content (AvgIpc) is 3.21. The van der Waals surface area contributed by atoms with Gasteiger partial charge in [0, 0.05) is 17.1 Å². The Morgan fingerprint density at radius 2 is 2.13 bits per heavy atom. The number of fused-ring (bicyclic) bond motifs is 1. The second kappa shape index (κ2) is 8.27. The molecule has 9 heteroatoms. The third-order valence-corrected chi connectivity index (χ3v) is 7.35. The fraction of sp³-hybridized carbons (Fsp3) is 0.409. The highest BCUT2D eigenvalue weighted by atomic mass is 127. The van der Waals surface area contributed by atoms with Crippen LogP contribution < -0.4 is 9.30 Å². The summed E-state index contributed by atoms with van der Waals surface area (Å²) in [4.78, 5) is 25.7. The number of aryl methyl sites for hydroxylation is 1. The molecule has 2 aliphatic rings. The highest BCUT2D eigenvalue weighted by Crippen LogP contribution is 2.47. The number of aliphatic hydroxyl groups excluding tert-OH is 1. The smallest absolute Gasteiger partial charge is 0.352 e. The predicted octanol–water partition coefficient (Wildman–Crippen LogP) is 1.54. The number of carboxylic acid groups (broad SMARTS) is 1. The number of ether oxygens (including phenoxy) is 1. The third kappa shape index (κ3) is 3.73. The first kappa shape index (κ1) is 21.8. The van der Waals surface area contributed by atoms with Crippen LogP contribution in [0.1, 0.15) is 19.4 Å². The third-order valence-electron chi connectivity index (χ3n) is 6.12. The molecule has 31 heavy (non-hydrogen) atoms. The van der Waals surface area contributed by atoms with Gasteiger partial charge in [-0.05, 0) is 35.6 Å². The molecular weight excluding hydrogens is 513 g/mol. The van der Waals surface area contributed by atoms with Crippen molar-refractivity contribution in [2.75, 3.05) is 6.61 Å². The number of benzene rings is 1. The monoisotopic (exact) mass is 538 g/mol. The van der Waals surface area contributed by atoms with Gasteiger partial charge in [0.2, 0.25) is 12.2 Å². The number of halogens is 1. The van der Waals surface area contributed by atoms with Gasteiger partial charge in [-0.25, -0.2) is 13.9 Å². The molecule has 2 aliphatic heterocycles. The van der Waals surface area contributed by atoms with Crippen LogP contribution in [0.3, 0.4) is 0 Å². The lowest BCUT2D eigenvalue weighted by atomic mass is 9.78. The molecule has 4 atom stereocenters. The Labute approximate surface area is 193 Å². The summed E-state index contributed by atoms with van der Waals surface area (Å²) in [6, 6.07) is 5.48. The number of aliphatic hydroxyl groups is 1. The Balaban J connectivity index is 1.55. The number of nitrogens with zero attached hydrogens (tertiary/aromatic N) is 3. The second-order valence-electron chi connectivity index (χ2n) is 8.20. The molecule has 8 nitrogen and oxygen atoms in total. The van der Waals surface area contributed by atoms with Crippen molar-refractivity contribution < 1.29 is 29.1 Å². The number of imidazole rings is 1. The first-order valence-electron chi connectivity index (χ1n) is 10.1. The van der Waals surface area contributed by atoms with Crippen molar-refractivity contribution >= 4 is 34.5 Å². The van der Waals surface area contributed by atoms with Gasteiger partial charge in [-0.1, -0.05) is 19.1 Å². The minimum Gasteiger partial charge on any atom is -0.488 e. The molecular formula is C22H25IN3O5+. The van der Waals surface area contributed by atoms with Crippen LogP contribution in [0, 0.1) is 15.4 Å². The summed E-state index contributed by atoms with van der Waals surface area (Å²) in [6.45, 7) is 4.23. The Hall–Kier alpha value is -2.40. The van der Waals surface area contributed by atoms with Crippen molar-refractivity contribution in [3.05, 3.63) is 57.3 Å². The fourth-order valence-corrected chi connectivity index (χ4v) is 5.26. The van der Waals surface area contributed by atoms with E-state index in [-0.39, 0.29) is 30.2 Å². The van der Waals surface area contributed by atoms with E-state index in [4.69, 9.17) is 4.74 Å². The maximum atomic E-state index is 12.5. The van der Waals surface area contributed by atoms with Crippen LogP contribution in [-0.2, 0) is 23.2 Å². The molecule has 2 N–H and O–H groups in total. The summed E-state index contributed by atoms with van der Waals surface area (Å²) in [5.41, 5.74) is 1.66. The van der Waals surface area contributed by atoms with Crippen molar-refractivity contribution in [1.29, 1.82) is 0 Å². The molecule has 0 radical (unpaired) electrons. The Morgan fingerprint density at radius 1 is 1.39 bits per heavy atom. The summed E-state index contributed by atoms with van der Waals surface area (Å²) in [6.07, 6.45) is 5.14. The molecule has 0 bridgehead atoms. The molecule has 1 fully saturated rings. The van der Waals surface area contributed by atoms with Crippen molar-refractivity contribution in [3.8, 4) is 5.75 Å². The van der Waals surface area contributed by atoms with E-state index in [1.807, 2.05) is 55.5 Å². The van der Waals surface area contributed by atoms with E-state index in [1.54, 1.807) is 6.92 Å². The van der Waals surface area contributed by atoms with E-state index in [0.717, 1.165) is 9.13 Å². The fourth-order valence-electron chi connectivity index (χ4n) is 4.57. The van der Waals surface area contributed by atoms with Gasteiger partial charge in [0.25, 0.3) is 0 Å². The molecule has 2 aromatic rings. The largest absolute Gasteiger partial charge is 0.488 e. The van der Waals surface area contributed by atoms with Gasteiger partial charge in [-0.15, -0.1) is 0 Å². The molecule has 0 spiro atoms. The number of β-lactam (4-membered cyclic amide) rings is 1. The molecule has 3 heterocycles. The second-order valence-corrected chi connectivity index (χ2v) is 9.28. The normalized spacial score (nSPS) is 23.6. The number of hydrogen-bond donors (Lipinski definition) is 2. The summed E-state index contributed by atoms with van der Waals surface area (Å²) < 4.78 is 11.1. The van der Waals surface area contributed by atoms with Gasteiger partial charge in [-0.2, -0.15) is 0 Å². The molecule has 4 rings (SSSR count). The van der Waals surface area contributed by atoms with E-state index in [2.05, 4.69) is 27.2 Å². The van der Waals surface area contributed by atoms with E-state index in [0.29, 0.717) is 17.9 Å². The molecule has 1 unspecified atom stereocenters. The van der Waals surface area contributed by atoms with Crippen LogP contribution in [0.15, 0.2) is 48.2 Å². The zero-order valence-electron chi connectivity index (χ0n) is 17.5. The van der Waals surface area contributed by atoms with Crippen molar-refractivity contribution in [2.24, 2.45) is 18.9 Å². The Morgan fingerprint density at radius 3 is 2.74 bits per heavy atom. The predicted molar refractivity (Wildman–Crippen MR) is 119 cm³/mol. The highest BCUT2D eigenvalue weighted by Gasteiger charge is 2.59. The van der Waals surface area contributed by atoms with Crippen LogP contribution in [0.2, 0.25) is 0 Å². The van der Waals surface area contributed by atoms with Gasteiger partial charge in [0.1, 0.15) is 37.0 Å². The van der Waals surface area contributed by atoms with Gasteiger partial charge >= 0.3 is 5.97 Å². The van der Waals surface area contributed by atoms with E-state index >= 15 is 0 Å². The average molecular weight is 538 g/mol. The molecule has 164 valence electrons. The zero-order valence-corrected chi connectivity index (χ0v) is 19.7. The maximum absolute atomic E-state index is 12.5. The lowest BCUT2D eigenvalue weighted by Crippen LogP contribution is -2.63. The summed E-state index contributed by atoms with van der Waals surface area (Å²) in [5, 5.41) is 19.7. The quantitative estimate of drug-likeness (QED) is 0.317.